The summed E-state index contributed by atoms with van der Waals surface area (Å²) < 4.78 is 0. The third kappa shape index (κ3) is 4.32. The monoisotopic (exact) mass is 294 g/mol. The fourth-order valence-electron chi connectivity index (χ4n) is 2.98. The van der Waals surface area contributed by atoms with E-state index >= 15 is 0 Å². The van der Waals surface area contributed by atoms with Crippen LogP contribution in [-0.4, -0.2) is 19.0 Å². The Balaban J connectivity index is 1.77. The van der Waals surface area contributed by atoms with E-state index in [-0.39, 0.29) is 11.9 Å². The average molecular weight is 294 g/mol. The van der Waals surface area contributed by atoms with Crippen LogP contribution in [0.3, 0.4) is 0 Å². The quantitative estimate of drug-likeness (QED) is 0.874. The molecule has 0 aromatic carbocycles. The molecule has 1 aliphatic rings. The van der Waals surface area contributed by atoms with E-state index in [1.807, 2.05) is 0 Å². The van der Waals surface area contributed by atoms with Crippen LogP contribution in [0.5, 0.6) is 0 Å². The normalized spacial score (nSPS) is 17.9. The number of thiophene rings is 1. The predicted octanol–water partition coefficient (Wildman–Crippen LogP) is 3.32. The average Bonchev–Trinajstić information content (AvgIpc) is 2.77. The lowest BCUT2D eigenvalue weighted by Gasteiger charge is -2.22. The largest absolute Gasteiger partial charge is 0.350 e. The van der Waals surface area contributed by atoms with Gasteiger partial charge in [-0.1, -0.05) is 0 Å². The van der Waals surface area contributed by atoms with Gasteiger partial charge in [-0.15, -0.1) is 11.3 Å². The summed E-state index contributed by atoms with van der Waals surface area (Å²) in [4.78, 5) is 14.7. The van der Waals surface area contributed by atoms with Gasteiger partial charge in [0.25, 0.3) is 0 Å². The Morgan fingerprint density at radius 3 is 2.75 bits per heavy atom. The van der Waals surface area contributed by atoms with E-state index in [1.165, 1.54) is 28.2 Å². The lowest BCUT2D eigenvalue weighted by molar-refractivity contribution is -0.122. The number of hydrogen-bond acceptors (Lipinski definition) is 3. The number of amides is 1. The van der Waals surface area contributed by atoms with E-state index in [1.54, 1.807) is 11.3 Å². The molecule has 1 amide bonds. The Bertz CT molecular complexity index is 449. The molecule has 112 valence electrons. The number of carbonyl (C=O) groups is 1. The van der Waals surface area contributed by atoms with Crippen molar-refractivity contribution in [2.24, 2.45) is 5.92 Å². The molecular formula is C16H26N2OS. The minimum atomic E-state index is 0.125. The summed E-state index contributed by atoms with van der Waals surface area (Å²) in [6.45, 7) is 8.54. The SMILES string of the molecule is Cc1cc(C(C)NC(=O)CCC2CCNCC2)c(C)s1. The van der Waals surface area contributed by atoms with Crippen molar-refractivity contribution in [2.75, 3.05) is 13.1 Å². The number of nitrogens with one attached hydrogen (secondary N) is 2. The maximum absolute atomic E-state index is 12.1. The highest BCUT2D eigenvalue weighted by molar-refractivity contribution is 7.12. The van der Waals surface area contributed by atoms with Crippen LogP contribution in [0, 0.1) is 19.8 Å². The van der Waals surface area contributed by atoms with Crippen LogP contribution in [0.4, 0.5) is 0 Å². The van der Waals surface area contributed by atoms with Gasteiger partial charge in [0.2, 0.25) is 5.91 Å². The van der Waals surface area contributed by atoms with Gasteiger partial charge in [0.15, 0.2) is 0 Å². The molecule has 1 aliphatic heterocycles. The summed E-state index contributed by atoms with van der Waals surface area (Å²) in [5.41, 5.74) is 1.27. The topological polar surface area (TPSA) is 41.1 Å². The Morgan fingerprint density at radius 1 is 1.45 bits per heavy atom. The smallest absolute Gasteiger partial charge is 0.220 e. The summed E-state index contributed by atoms with van der Waals surface area (Å²) in [7, 11) is 0. The molecule has 2 heterocycles. The first kappa shape index (κ1) is 15.5. The molecule has 1 aromatic heterocycles. The molecule has 4 heteroatoms. The van der Waals surface area contributed by atoms with Crippen LogP contribution in [-0.2, 0) is 4.79 Å². The Hall–Kier alpha value is -0.870. The summed E-state index contributed by atoms with van der Waals surface area (Å²) in [6.07, 6.45) is 4.12. The van der Waals surface area contributed by atoms with Crippen LogP contribution < -0.4 is 10.6 Å². The van der Waals surface area contributed by atoms with Crippen molar-refractivity contribution < 1.29 is 4.79 Å². The molecule has 0 bridgehead atoms. The van der Waals surface area contributed by atoms with Gasteiger partial charge < -0.3 is 10.6 Å². The minimum absolute atomic E-state index is 0.125. The Morgan fingerprint density at radius 2 is 2.15 bits per heavy atom. The zero-order chi connectivity index (χ0) is 14.5. The first-order valence-electron chi connectivity index (χ1n) is 7.63. The molecule has 3 nitrogen and oxygen atoms in total. The van der Waals surface area contributed by atoms with E-state index in [0.717, 1.165) is 25.4 Å². The molecule has 1 unspecified atom stereocenters. The van der Waals surface area contributed by atoms with Gasteiger partial charge in [-0.2, -0.15) is 0 Å². The predicted molar refractivity (Wildman–Crippen MR) is 85.2 cm³/mol. The van der Waals surface area contributed by atoms with E-state index in [4.69, 9.17) is 0 Å². The maximum Gasteiger partial charge on any atom is 0.220 e. The van der Waals surface area contributed by atoms with Crippen molar-refractivity contribution in [2.45, 2.75) is 52.5 Å². The first-order valence-corrected chi connectivity index (χ1v) is 8.45. The zero-order valence-electron chi connectivity index (χ0n) is 12.8. The number of piperidine rings is 1. The van der Waals surface area contributed by atoms with Gasteiger partial charge in [-0.05, 0) is 70.7 Å². The Kier molecular flexibility index (Phi) is 5.61. The van der Waals surface area contributed by atoms with Crippen molar-refractivity contribution in [1.82, 2.24) is 10.6 Å². The Labute approximate surface area is 126 Å². The van der Waals surface area contributed by atoms with Gasteiger partial charge in [-0.25, -0.2) is 0 Å². The molecule has 20 heavy (non-hydrogen) atoms. The molecule has 1 fully saturated rings. The highest BCUT2D eigenvalue weighted by Gasteiger charge is 2.17. The highest BCUT2D eigenvalue weighted by atomic mass is 32.1. The summed E-state index contributed by atoms with van der Waals surface area (Å²) in [6, 6.07) is 2.32. The number of hydrogen-bond donors (Lipinski definition) is 2. The third-order valence-corrected chi connectivity index (χ3v) is 5.14. The van der Waals surface area contributed by atoms with Crippen LogP contribution in [0.2, 0.25) is 0 Å². The summed E-state index contributed by atoms with van der Waals surface area (Å²) in [5.74, 6) is 0.918. The number of rotatable bonds is 5. The second-order valence-corrected chi connectivity index (χ2v) is 7.35. The van der Waals surface area contributed by atoms with Gasteiger partial charge in [0.1, 0.15) is 0 Å². The van der Waals surface area contributed by atoms with Crippen molar-refractivity contribution >= 4 is 17.2 Å². The standard InChI is InChI=1S/C16H26N2OS/c1-11-10-15(13(3)20-11)12(2)18-16(19)5-4-14-6-8-17-9-7-14/h10,12,14,17H,4-9H2,1-3H3,(H,18,19). The second-order valence-electron chi connectivity index (χ2n) is 5.89. The van der Waals surface area contributed by atoms with Crippen LogP contribution in [0.1, 0.15) is 54.0 Å². The summed E-state index contributed by atoms with van der Waals surface area (Å²) in [5, 5.41) is 6.51. The fourth-order valence-corrected chi connectivity index (χ4v) is 4.00. The van der Waals surface area contributed by atoms with E-state index < -0.39 is 0 Å². The lowest BCUT2D eigenvalue weighted by atomic mass is 9.93. The van der Waals surface area contributed by atoms with Crippen molar-refractivity contribution in [3.8, 4) is 0 Å². The molecule has 0 aliphatic carbocycles. The van der Waals surface area contributed by atoms with Crippen molar-refractivity contribution in [3.05, 3.63) is 21.4 Å². The van der Waals surface area contributed by atoms with Gasteiger partial charge in [0, 0.05) is 16.2 Å². The summed E-state index contributed by atoms with van der Waals surface area (Å²) >= 11 is 1.80. The van der Waals surface area contributed by atoms with Crippen LogP contribution >= 0.6 is 11.3 Å². The first-order chi connectivity index (χ1) is 9.56. The van der Waals surface area contributed by atoms with Crippen LogP contribution in [0.15, 0.2) is 6.07 Å². The second kappa shape index (κ2) is 7.23. The fraction of sp³-hybridized carbons (Fsp3) is 0.688. The van der Waals surface area contributed by atoms with Crippen LogP contribution in [0.25, 0.3) is 0 Å². The highest BCUT2D eigenvalue weighted by Crippen LogP contribution is 2.26. The van der Waals surface area contributed by atoms with Gasteiger partial charge in [-0.3, -0.25) is 4.79 Å². The molecule has 2 rings (SSSR count). The van der Waals surface area contributed by atoms with E-state index in [0.29, 0.717) is 6.42 Å². The lowest BCUT2D eigenvalue weighted by Crippen LogP contribution is -2.30. The molecule has 0 saturated carbocycles. The molecule has 1 aromatic rings. The minimum Gasteiger partial charge on any atom is -0.350 e. The maximum atomic E-state index is 12.1. The van der Waals surface area contributed by atoms with Gasteiger partial charge in [0.05, 0.1) is 6.04 Å². The molecular weight excluding hydrogens is 268 g/mol. The van der Waals surface area contributed by atoms with E-state index in [9.17, 15) is 4.79 Å². The number of aryl methyl sites for hydroxylation is 2. The zero-order valence-corrected chi connectivity index (χ0v) is 13.6. The molecule has 0 spiro atoms. The number of carbonyl (C=O) groups excluding carboxylic acids is 1. The molecule has 1 saturated heterocycles. The molecule has 0 radical (unpaired) electrons. The molecule has 1 atom stereocenters. The molecule has 2 N–H and O–H groups in total. The van der Waals surface area contributed by atoms with Gasteiger partial charge >= 0.3 is 0 Å². The third-order valence-electron chi connectivity index (χ3n) is 4.16. The van der Waals surface area contributed by atoms with Crippen molar-refractivity contribution in [1.29, 1.82) is 0 Å². The van der Waals surface area contributed by atoms with E-state index in [2.05, 4.69) is 37.5 Å². The van der Waals surface area contributed by atoms with Crippen molar-refractivity contribution in [3.63, 3.8) is 0 Å².